The second kappa shape index (κ2) is 18.3. The van der Waals surface area contributed by atoms with Gasteiger partial charge in [0.25, 0.3) is 0 Å². The van der Waals surface area contributed by atoms with Crippen molar-refractivity contribution in [1.82, 2.24) is 0 Å². The molecule has 0 radical (unpaired) electrons. The van der Waals surface area contributed by atoms with Gasteiger partial charge in [-0.3, -0.25) is 0 Å². The highest BCUT2D eigenvalue weighted by molar-refractivity contribution is 6.98. The zero-order valence-electron chi connectivity index (χ0n) is 40.7. The summed E-state index contributed by atoms with van der Waals surface area (Å²) >= 11 is 0. The van der Waals surface area contributed by atoms with Crippen molar-refractivity contribution in [1.29, 1.82) is 0 Å². The maximum Gasteiger partial charge on any atom is 0.213 e. The lowest BCUT2D eigenvalue weighted by Gasteiger charge is -2.35. The third-order valence-corrected chi connectivity index (χ3v) is 39.6. The van der Waals surface area contributed by atoms with E-state index in [1.165, 1.54) is 50.9 Å². The van der Waals surface area contributed by atoms with Gasteiger partial charge in [0.05, 0.1) is 32.3 Å². The highest BCUT2D eigenvalue weighted by atomic mass is 28.4. The molecule has 0 aromatic heterocycles. The van der Waals surface area contributed by atoms with Crippen molar-refractivity contribution in [2.24, 2.45) is 0 Å². The Morgan fingerprint density at radius 3 is 0.689 bits per heavy atom. The highest BCUT2D eigenvalue weighted by Gasteiger charge is 2.37. The Hall–Kier alpha value is -2.28. The van der Waals surface area contributed by atoms with Crippen LogP contribution in [0.1, 0.15) is 0 Å². The summed E-state index contributed by atoms with van der Waals surface area (Å²) in [5, 5.41) is 11.1. The van der Waals surface area contributed by atoms with E-state index >= 15 is 0 Å². The first-order valence-electron chi connectivity index (χ1n) is 22.6. The highest BCUT2D eigenvalue weighted by Crippen LogP contribution is 2.25. The number of rotatable bonds is 17. The van der Waals surface area contributed by atoms with E-state index in [0.717, 1.165) is 10.4 Å². The largest absolute Gasteiger partial charge is 0.449 e. The van der Waals surface area contributed by atoms with Crippen LogP contribution in [0.25, 0.3) is 11.1 Å². The van der Waals surface area contributed by atoms with Gasteiger partial charge < -0.3 is 13.7 Å². The lowest BCUT2D eigenvalue weighted by atomic mass is 10.1. The standard InChI is InChI=1S/C50H78O3Si8/c1-54(2,37-39-56(5,6)45-29-33-48(34-30-45)59(11,12)52)43-25-27-44(28-26-43)55(3,4)38-40-57(7,8)46-31-35-50(36-32-46)61(15,16)53-60(13,14)49-23-19-42(20-24-49)41-17-21-47(22-18-41)58(9,10)51/h17-36,51-52H,37-40H2,1-16H3. The van der Waals surface area contributed by atoms with Crippen molar-refractivity contribution in [2.75, 3.05) is 0 Å². The van der Waals surface area contributed by atoms with Crippen LogP contribution < -0.4 is 41.5 Å². The Bertz CT molecular complexity index is 2210. The van der Waals surface area contributed by atoms with Crippen LogP contribution in [0.15, 0.2) is 121 Å². The Kier molecular flexibility index (Phi) is 14.9. The molecule has 5 aromatic rings. The van der Waals surface area contributed by atoms with Crippen molar-refractivity contribution in [3.63, 3.8) is 0 Å². The molecule has 61 heavy (non-hydrogen) atoms. The van der Waals surface area contributed by atoms with Gasteiger partial charge >= 0.3 is 0 Å². The van der Waals surface area contributed by atoms with E-state index < -0.39 is 65.6 Å². The lowest BCUT2D eigenvalue weighted by Crippen LogP contribution is -2.58. The number of benzene rings is 5. The molecule has 0 aliphatic heterocycles. The molecular formula is C50H78O3Si8. The van der Waals surface area contributed by atoms with Gasteiger partial charge in [0.15, 0.2) is 0 Å². The molecule has 0 saturated heterocycles. The Morgan fingerprint density at radius 1 is 0.279 bits per heavy atom. The molecule has 0 spiro atoms. The molecule has 0 amide bonds. The summed E-state index contributed by atoms with van der Waals surface area (Å²) in [6.45, 7) is 37.8. The molecule has 0 heterocycles. The van der Waals surface area contributed by atoms with E-state index in [9.17, 15) is 9.59 Å². The fourth-order valence-corrected chi connectivity index (χ4v) is 34.1. The molecule has 0 fully saturated rings. The summed E-state index contributed by atoms with van der Waals surface area (Å²) in [4.78, 5) is 21.1. The molecule has 0 aliphatic rings. The van der Waals surface area contributed by atoms with Crippen LogP contribution in [0.2, 0.25) is 129 Å². The van der Waals surface area contributed by atoms with Crippen LogP contribution in [0.3, 0.4) is 0 Å². The number of hydrogen-bond donors (Lipinski definition) is 2. The van der Waals surface area contributed by atoms with Crippen molar-refractivity contribution in [2.45, 2.75) is 129 Å². The summed E-state index contributed by atoms with van der Waals surface area (Å²) in [5.41, 5.74) is 2.37. The van der Waals surface area contributed by atoms with E-state index in [-0.39, 0.29) is 0 Å². The van der Waals surface area contributed by atoms with Gasteiger partial charge in [-0.05, 0) is 84.2 Å². The average molecular weight is 952 g/mol. The van der Waals surface area contributed by atoms with E-state index in [2.05, 4.69) is 200 Å². The van der Waals surface area contributed by atoms with E-state index in [1.54, 1.807) is 15.6 Å². The molecule has 0 aliphatic carbocycles. The third-order valence-electron chi connectivity index (χ3n) is 13.9. The molecular weight excluding hydrogens is 873 g/mol. The Labute approximate surface area is 379 Å². The molecule has 11 heteroatoms. The molecule has 5 aromatic carbocycles. The van der Waals surface area contributed by atoms with Crippen molar-refractivity contribution in [3.05, 3.63) is 121 Å². The van der Waals surface area contributed by atoms with Gasteiger partial charge in [0.1, 0.15) is 0 Å². The summed E-state index contributed by atoms with van der Waals surface area (Å²) in [7, 11) is -15.4. The third kappa shape index (κ3) is 12.5. The van der Waals surface area contributed by atoms with Crippen molar-refractivity contribution in [3.8, 4) is 11.1 Å². The maximum absolute atomic E-state index is 10.6. The van der Waals surface area contributed by atoms with Crippen LogP contribution in [-0.4, -0.2) is 75.2 Å². The summed E-state index contributed by atoms with van der Waals surface area (Å²) < 4.78 is 7.22. The molecule has 328 valence electrons. The first kappa shape index (κ1) is 49.7. The minimum absolute atomic E-state index is 1.06. The van der Waals surface area contributed by atoms with Crippen LogP contribution >= 0.6 is 0 Å². The predicted octanol–water partition coefficient (Wildman–Crippen LogP) is 8.77. The van der Waals surface area contributed by atoms with Crippen LogP contribution in [0.4, 0.5) is 0 Å². The van der Waals surface area contributed by atoms with Gasteiger partial charge in [-0.1, -0.05) is 219 Å². The van der Waals surface area contributed by atoms with Crippen LogP contribution in [0, 0.1) is 0 Å². The quantitative estimate of drug-likeness (QED) is 0.0918. The monoisotopic (exact) mass is 950 g/mol. The maximum atomic E-state index is 10.6. The fraction of sp³-hybridized carbons (Fsp3) is 0.400. The molecule has 3 nitrogen and oxygen atoms in total. The minimum Gasteiger partial charge on any atom is -0.449 e. The summed E-state index contributed by atoms with van der Waals surface area (Å²) in [6.07, 6.45) is 0. The molecule has 0 bridgehead atoms. The molecule has 0 atom stereocenters. The Morgan fingerprint density at radius 2 is 0.459 bits per heavy atom. The van der Waals surface area contributed by atoms with Crippen molar-refractivity contribution < 1.29 is 13.7 Å². The molecule has 5 rings (SSSR count). The molecule has 0 saturated carbocycles. The zero-order chi connectivity index (χ0) is 45.5. The van der Waals surface area contributed by atoms with E-state index in [1.807, 2.05) is 26.2 Å². The Balaban J connectivity index is 1.18. The van der Waals surface area contributed by atoms with E-state index in [4.69, 9.17) is 4.12 Å². The summed E-state index contributed by atoms with van der Waals surface area (Å²) in [6, 6.07) is 51.4. The zero-order valence-corrected chi connectivity index (χ0v) is 48.7. The van der Waals surface area contributed by atoms with Gasteiger partial charge in [-0.25, -0.2) is 0 Å². The van der Waals surface area contributed by atoms with Gasteiger partial charge in [0.2, 0.25) is 33.3 Å². The summed E-state index contributed by atoms with van der Waals surface area (Å²) in [5.74, 6) is 0. The fourth-order valence-electron chi connectivity index (χ4n) is 8.74. The SMILES string of the molecule is C[Si](C)(O)c1ccc(-c2ccc([Si](C)(C)O[Si](C)(C)c3ccc([Si](C)(C)CC[Si](C)(C)c4ccc([Si](C)(C)CC[Si](C)(C)c5ccc([Si](C)(C)O)cc5)cc4)cc3)cc2)cc1. The van der Waals surface area contributed by atoms with Gasteiger partial charge in [-0.2, -0.15) is 0 Å². The van der Waals surface area contributed by atoms with Crippen molar-refractivity contribution >= 4 is 107 Å². The normalized spacial score (nSPS) is 13.7. The van der Waals surface area contributed by atoms with Gasteiger partial charge in [-0.15, -0.1) is 0 Å². The second-order valence-corrected chi connectivity index (χ2v) is 57.4. The van der Waals surface area contributed by atoms with E-state index in [0.29, 0.717) is 0 Å². The average Bonchev–Trinajstić information content (AvgIpc) is 3.19. The first-order chi connectivity index (χ1) is 27.9. The van der Waals surface area contributed by atoms with Crippen LogP contribution in [-0.2, 0) is 4.12 Å². The van der Waals surface area contributed by atoms with Gasteiger partial charge in [0, 0.05) is 0 Å². The minimum atomic E-state index is -2.30. The second-order valence-electron chi connectivity index (χ2n) is 22.7. The topological polar surface area (TPSA) is 49.7 Å². The number of hydrogen-bond acceptors (Lipinski definition) is 3. The smallest absolute Gasteiger partial charge is 0.213 e. The van der Waals surface area contributed by atoms with Crippen LogP contribution in [0.5, 0.6) is 0 Å². The molecule has 0 unspecified atom stereocenters. The predicted molar refractivity (Wildman–Crippen MR) is 293 cm³/mol. The lowest BCUT2D eigenvalue weighted by molar-refractivity contribution is 0.567. The molecule has 2 N–H and O–H groups in total. The first-order valence-corrected chi connectivity index (χ1v) is 47.2.